The van der Waals surface area contributed by atoms with Gasteiger partial charge in [-0.2, -0.15) is 0 Å². The Balaban J connectivity index is 2.25. The monoisotopic (exact) mass is 238 g/mol. The molecule has 0 N–H and O–H groups in total. The molecule has 92 valence electrons. The van der Waals surface area contributed by atoms with Gasteiger partial charge in [0.05, 0.1) is 0 Å². The van der Waals surface area contributed by atoms with Gasteiger partial charge < -0.3 is 0 Å². The number of fused-ring (bicyclic) bond motifs is 1. The Bertz CT molecular complexity index is 569. The maximum atomic E-state index is 12.3. The van der Waals surface area contributed by atoms with Crippen LogP contribution in [0.4, 0.5) is 0 Å². The van der Waals surface area contributed by atoms with Gasteiger partial charge in [-0.05, 0) is 29.7 Å². The summed E-state index contributed by atoms with van der Waals surface area (Å²) >= 11 is 0. The highest BCUT2D eigenvalue weighted by atomic mass is 16.1. The van der Waals surface area contributed by atoms with Crippen molar-refractivity contribution in [2.75, 3.05) is 0 Å². The Morgan fingerprint density at radius 1 is 1.22 bits per heavy atom. The van der Waals surface area contributed by atoms with Crippen LogP contribution in [0.1, 0.15) is 30.1 Å². The molecule has 0 heterocycles. The fourth-order valence-corrected chi connectivity index (χ4v) is 2.13. The normalized spacial score (nSPS) is 12.3. The van der Waals surface area contributed by atoms with Gasteiger partial charge in [0.25, 0.3) is 0 Å². The lowest BCUT2D eigenvalue weighted by Gasteiger charge is -2.09. The quantitative estimate of drug-likeness (QED) is 0.548. The minimum absolute atomic E-state index is 0.0594. The number of hydrogen-bond donors (Lipinski definition) is 0. The average Bonchev–Trinajstić information content (AvgIpc) is 2.43. The molecule has 0 aromatic heterocycles. The highest BCUT2D eigenvalue weighted by molar-refractivity contribution is 6.01. The molecule has 1 unspecified atom stereocenters. The maximum Gasteiger partial charge on any atom is 0.165 e. The summed E-state index contributed by atoms with van der Waals surface area (Å²) < 4.78 is 0. The molecular formula is C17H18O. The van der Waals surface area contributed by atoms with E-state index in [1.807, 2.05) is 49.4 Å². The number of Topliss-reactive ketones (excluding diaryl/α,β-unsaturated/α-hetero) is 1. The Morgan fingerprint density at radius 2 is 1.94 bits per heavy atom. The Labute approximate surface area is 108 Å². The van der Waals surface area contributed by atoms with Crippen LogP contribution in [0.2, 0.25) is 0 Å². The predicted octanol–water partition coefficient (Wildman–Crippen LogP) is 4.62. The molecule has 0 saturated heterocycles. The lowest BCUT2D eigenvalue weighted by Crippen LogP contribution is -2.10. The van der Waals surface area contributed by atoms with E-state index in [0.29, 0.717) is 0 Å². The summed E-state index contributed by atoms with van der Waals surface area (Å²) in [4.78, 5) is 12.3. The van der Waals surface area contributed by atoms with Crippen molar-refractivity contribution in [2.24, 2.45) is 5.92 Å². The van der Waals surface area contributed by atoms with Crippen molar-refractivity contribution in [3.05, 3.63) is 60.7 Å². The van der Waals surface area contributed by atoms with E-state index < -0.39 is 0 Å². The van der Waals surface area contributed by atoms with Crippen LogP contribution < -0.4 is 0 Å². The third-order valence-corrected chi connectivity index (χ3v) is 3.29. The molecule has 2 aromatic carbocycles. The van der Waals surface area contributed by atoms with Crippen LogP contribution in [0.25, 0.3) is 10.8 Å². The molecule has 0 aliphatic rings. The third kappa shape index (κ3) is 2.67. The third-order valence-electron chi connectivity index (χ3n) is 3.29. The van der Waals surface area contributed by atoms with Gasteiger partial charge in [0.2, 0.25) is 0 Å². The summed E-state index contributed by atoms with van der Waals surface area (Å²) in [6.45, 7) is 5.68. The Kier molecular flexibility index (Phi) is 3.93. The van der Waals surface area contributed by atoms with Gasteiger partial charge in [-0.3, -0.25) is 4.79 Å². The molecular weight excluding hydrogens is 220 g/mol. The van der Waals surface area contributed by atoms with Crippen molar-refractivity contribution >= 4 is 16.6 Å². The van der Waals surface area contributed by atoms with Crippen molar-refractivity contribution in [1.29, 1.82) is 0 Å². The van der Waals surface area contributed by atoms with E-state index >= 15 is 0 Å². The first kappa shape index (κ1) is 12.6. The Hall–Kier alpha value is -1.89. The summed E-state index contributed by atoms with van der Waals surface area (Å²) in [6.07, 6.45) is 3.62. The molecule has 1 heteroatoms. The summed E-state index contributed by atoms with van der Waals surface area (Å²) in [5.74, 6) is 0.284. The van der Waals surface area contributed by atoms with Gasteiger partial charge in [0.15, 0.2) is 5.78 Å². The van der Waals surface area contributed by atoms with Gasteiger partial charge in [0, 0.05) is 11.5 Å². The highest BCUT2D eigenvalue weighted by Crippen LogP contribution is 2.19. The van der Waals surface area contributed by atoms with Crippen molar-refractivity contribution in [3.63, 3.8) is 0 Å². The maximum absolute atomic E-state index is 12.3. The second kappa shape index (κ2) is 5.63. The van der Waals surface area contributed by atoms with Crippen LogP contribution >= 0.6 is 0 Å². The van der Waals surface area contributed by atoms with Gasteiger partial charge >= 0.3 is 0 Å². The first-order valence-electron chi connectivity index (χ1n) is 6.36. The number of hydrogen-bond acceptors (Lipinski definition) is 1. The number of benzene rings is 2. The minimum Gasteiger partial charge on any atom is -0.294 e. The van der Waals surface area contributed by atoms with Crippen LogP contribution in [0.5, 0.6) is 0 Å². The first-order valence-corrected chi connectivity index (χ1v) is 6.36. The van der Waals surface area contributed by atoms with E-state index in [4.69, 9.17) is 0 Å². The second-order valence-corrected chi connectivity index (χ2v) is 4.69. The number of rotatable bonds is 5. The number of carbonyl (C=O) groups excluding carboxylic acids is 1. The zero-order valence-corrected chi connectivity index (χ0v) is 10.7. The van der Waals surface area contributed by atoms with Crippen molar-refractivity contribution in [2.45, 2.75) is 19.8 Å². The molecule has 0 amide bonds. The molecule has 18 heavy (non-hydrogen) atoms. The van der Waals surface area contributed by atoms with Crippen LogP contribution in [-0.4, -0.2) is 5.78 Å². The van der Waals surface area contributed by atoms with Crippen LogP contribution in [-0.2, 0) is 0 Å². The molecule has 1 nitrogen and oxygen atoms in total. The summed E-state index contributed by atoms with van der Waals surface area (Å²) in [5, 5.41) is 2.30. The van der Waals surface area contributed by atoms with Crippen molar-refractivity contribution in [3.8, 4) is 0 Å². The smallest absolute Gasteiger partial charge is 0.165 e. The van der Waals surface area contributed by atoms with Gasteiger partial charge in [0.1, 0.15) is 0 Å². The summed E-state index contributed by atoms with van der Waals surface area (Å²) in [6, 6.07) is 14.0. The van der Waals surface area contributed by atoms with Crippen LogP contribution in [0.15, 0.2) is 55.1 Å². The van der Waals surface area contributed by atoms with E-state index in [2.05, 4.69) is 12.6 Å². The number of allylic oxidation sites excluding steroid dienone is 1. The number of carbonyl (C=O) groups is 1. The molecule has 0 spiro atoms. The molecule has 0 radical (unpaired) electrons. The molecule has 0 bridgehead atoms. The summed E-state index contributed by atoms with van der Waals surface area (Å²) in [5.41, 5.74) is 0.810. The molecule has 0 saturated carbocycles. The molecule has 1 atom stereocenters. The standard InChI is InChI=1S/C17H18O/c1-3-4-7-13(2)17(18)16-11-10-14-8-5-6-9-15(14)12-16/h3,5-6,8-13H,1,4,7H2,2H3. The average molecular weight is 238 g/mol. The summed E-state index contributed by atoms with van der Waals surface area (Å²) in [7, 11) is 0. The van der Waals surface area contributed by atoms with Gasteiger partial charge in [-0.1, -0.05) is 49.4 Å². The van der Waals surface area contributed by atoms with Gasteiger partial charge in [-0.25, -0.2) is 0 Å². The van der Waals surface area contributed by atoms with Crippen molar-refractivity contribution < 1.29 is 4.79 Å². The van der Waals surface area contributed by atoms with E-state index in [0.717, 1.165) is 23.8 Å². The molecule has 0 fully saturated rings. The zero-order chi connectivity index (χ0) is 13.0. The van der Waals surface area contributed by atoms with Crippen molar-refractivity contribution in [1.82, 2.24) is 0 Å². The first-order chi connectivity index (χ1) is 8.72. The molecule has 0 aliphatic heterocycles. The van der Waals surface area contributed by atoms with Gasteiger partial charge in [-0.15, -0.1) is 6.58 Å². The minimum atomic E-state index is 0.0594. The highest BCUT2D eigenvalue weighted by Gasteiger charge is 2.14. The zero-order valence-electron chi connectivity index (χ0n) is 10.7. The lowest BCUT2D eigenvalue weighted by molar-refractivity contribution is 0.0925. The number of ketones is 1. The SMILES string of the molecule is C=CCCC(C)C(=O)c1ccc2ccccc2c1. The van der Waals surface area contributed by atoms with E-state index in [1.54, 1.807) is 0 Å². The molecule has 2 aromatic rings. The molecule has 0 aliphatic carbocycles. The topological polar surface area (TPSA) is 17.1 Å². The largest absolute Gasteiger partial charge is 0.294 e. The second-order valence-electron chi connectivity index (χ2n) is 4.69. The fourth-order valence-electron chi connectivity index (χ4n) is 2.13. The molecule has 2 rings (SSSR count). The van der Waals surface area contributed by atoms with Crippen LogP contribution in [0.3, 0.4) is 0 Å². The van der Waals surface area contributed by atoms with E-state index in [1.165, 1.54) is 5.39 Å². The predicted molar refractivity (Wildman–Crippen MR) is 76.9 cm³/mol. The fraction of sp³-hybridized carbons (Fsp3) is 0.235. The van der Waals surface area contributed by atoms with E-state index in [-0.39, 0.29) is 11.7 Å². The van der Waals surface area contributed by atoms with Crippen LogP contribution in [0, 0.1) is 5.92 Å². The van der Waals surface area contributed by atoms with E-state index in [9.17, 15) is 4.79 Å². The Morgan fingerprint density at radius 3 is 2.67 bits per heavy atom. The lowest BCUT2D eigenvalue weighted by atomic mass is 9.94.